The molecular formula is C14H16N2O3. The number of para-hydroxylation sites is 1. The highest BCUT2D eigenvalue weighted by Crippen LogP contribution is 2.31. The highest BCUT2D eigenvalue weighted by atomic mass is 16.5. The predicted octanol–water partition coefficient (Wildman–Crippen LogP) is 1.77. The number of nitrogens with one attached hydrogen (secondary N) is 2. The van der Waals surface area contributed by atoms with Crippen LogP contribution >= 0.6 is 0 Å². The van der Waals surface area contributed by atoms with Crippen molar-refractivity contribution in [1.29, 1.82) is 0 Å². The van der Waals surface area contributed by atoms with Crippen LogP contribution in [0.5, 0.6) is 0 Å². The summed E-state index contributed by atoms with van der Waals surface area (Å²) in [5.74, 6) is -0.217. The predicted molar refractivity (Wildman–Crippen MR) is 72.1 cm³/mol. The largest absolute Gasteiger partial charge is 0.468 e. The van der Waals surface area contributed by atoms with E-state index in [1.165, 1.54) is 7.11 Å². The first kappa shape index (κ1) is 12.0. The van der Waals surface area contributed by atoms with Crippen LogP contribution in [-0.2, 0) is 14.3 Å². The molecule has 19 heavy (non-hydrogen) atoms. The molecule has 0 aliphatic carbocycles. The van der Waals surface area contributed by atoms with E-state index in [1.807, 2.05) is 30.5 Å². The van der Waals surface area contributed by atoms with E-state index in [0.717, 1.165) is 16.6 Å². The van der Waals surface area contributed by atoms with E-state index >= 15 is 0 Å². The zero-order chi connectivity index (χ0) is 13.3. The van der Waals surface area contributed by atoms with Gasteiger partial charge in [0.15, 0.2) is 0 Å². The number of fused-ring (bicyclic) bond motifs is 1. The quantitative estimate of drug-likeness (QED) is 0.822. The van der Waals surface area contributed by atoms with Crippen molar-refractivity contribution in [1.82, 2.24) is 4.98 Å². The molecule has 0 unspecified atom stereocenters. The molecule has 0 saturated carbocycles. The minimum atomic E-state index is -0.548. The maximum Gasteiger partial charge on any atom is 0.318 e. The molecule has 1 aromatic carbocycles. The summed E-state index contributed by atoms with van der Waals surface area (Å²) >= 11 is 0. The van der Waals surface area contributed by atoms with E-state index in [2.05, 4.69) is 10.3 Å². The highest BCUT2D eigenvalue weighted by molar-refractivity contribution is 5.92. The average Bonchev–Trinajstić information content (AvgIpc) is 2.81. The van der Waals surface area contributed by atoms with Crippen molar-refractivity contribution in [2.24, 2.45) is 5.41 Å². The Balaban J connectivity index is 1.77. The van der Waals surface area contributed by atoms with Crippen molar-refractivity contribution in [3.8, 4) is 0 Å². The second-order valence-electron chi connectivity index (χ2n) is 4.87. The zero-order valence-corrected chi connectivity index (χ0v) is 10.7. The standard InChI is InChI=1S/C14H16N2O3/c1-18-13(17)14(8-19-9-14)7-16-12-6-15-11-5-3-2-4-10(11)12/h2-6,15-16H,7-9H2,1H3. The monoisotopic (exact) mass is 260 g/mol. The number of esters is 1. The first-order chi connectivity index (χ1) is 9.25. The van der Waals surface area contributed by atoms with Gasteiger partial charge in [-0.15, -0.1) is 0 Å². The number of aromatic amines is 1. The Morgan fingerprint density at radius 3 is 2.95 bits per heavy atom. The SMILES string of the molecule is COC(=O)C1(CNc2c[nH]c3ccccc23)COC1. The fraction of sp³-hybridized carbons (Fsp3) is 0.357. The molecule has 2 N–H and O–H groups in total. The molecule has 2 aromatic rings. The summed E-state index contributed by atoms with van der Waals surface area (Å²) in [5.41, 5.74) is 1.51. The maximum absolute atomic E-state index is 11.8. The molecule has 0 spiro atoms. The van der Waals surface area contributed by atoms with Gasteiger partial charge >= 0.3 is 5.97 Å². The van der Waals surface area contributed by atoms with Crippen LogP contribution in [0.4, 0.5) is 5.69 Å². The first-order valence-electron chi connectivity index (χ1n) is 6.21. The van der Waals surface area contributed by atoms with Crippen LogP contribution in [0, 0.1) is 5.41 Å². The van der Waals surface area contributed by atoms with Crippen LogP contribution in [0.2, 0.25) is 0 Å². The van der Waals surface area contributed by atoms with Gasteiger partial charge in [0.05, 0.1) is 26.0 Å². The average molecular weight is 260 g/mol. The second kappa shape index (κ2) is 4.59. The van der Waals surface area contributed by atoms with Gasteiger partial charge in [-0.25, -0.2) is 0 Å². The van der Waals surface area contributed by atoms with Gasteiger partial charge in [0.2, 0.25) is 0 Å². The molecule has 5 nitrogen and oxygen atoms in total. The molecule has 0 atom stereocenters. The Labute approximate surface area is 110 Å². The fourth-order valence-electron chi connectivity index (χ4n) is 2.34. The van der Waals surface area contributed by atoms with Crippen LogP contribution in [0.25, 0.3) is 10.9 Å². The number of aromatic nitrogens is 1. The van der Waals surface area contributed by atoms with Crippen LogP contribution in [0.1, 0.15) is 0 Å². The number of methoxy groups -OCH3 is 1. The van der Waals surface area contributed by atoms with E-state index in [-0.39, 0.29) is 5.97 Å². The molecule has 1 saturated heterocycles. The third-order valence-electron chi connectivity index (χ3n) is 3.58. The molecule has 100 valence electrons. The molecule has 1 aliphatic heterocycles. The van der Waals surface area contributed by atoms with Crippen molar-refractivity contribution in [2.75, 3.05) is 32.2 Å². The summed E-state index contributed by atoms with van der Waals surface area (Å²) in [6.45, 7) is 1.34. The Kier molecular flexibility index (Phi) is 2.91. The third kappa shape index (κ3) is 1.96. The number of hydrogen-bond acceptors (Lipinski definition) is 4. The lowest BCUT2D eigenvalue weighted by atomic mass is 9.86. The minimum Gasteiger partial charge on any atom is -0.468 e. The number of anilines is 1. The minimum absolute atomic E-state index is 0.217. The summed E-state index contributed by atoms with van der Waals surface area (Å²) in [4.78, 5) is 15.0. The van der Waals surface area contributed by atoms with Crippen molar-refractivity contribution in [2.45, 2.75) is 0 Å². The molecule has 1 aliphatic rings. The van der Waals surface area contributed by atoms with Gasteiger partial charge in [0, 0.05) is 23.6 Å². The second-order valence-corrected chi connectivity index (χ2v) is 4.87. The van der Waals surface area contributed by atoms with Crippen molar-refractivity contribution >= 4 is 22.6 Å². The van der Waals surface area contributed by atoms with Gasteiger partial charge in [0.25, 0.3) is 0 Å². The van der Waals surface area contributed by atoms with Crippen molar-refractivity contribution < 1.29 is 14.3 Å². The summed E-state index contributed by atoms with van der Waals surface area (Å²) in [6, 6.07) is 8.03. The Bertz CT molecular complexity index is 602. The number of hydrogen-bond donors (Lipinski definition) is 2. The molecule has 0 amide bonds. The summed E-state index contributed by atoms with van der Waals surface area (Å²) in [7, 11) is 1.41. The van der Waals surface area contributed by atoms with Crippen LogP contribution in [0.3, 0.4) is 0 Å². The van der Waals surface area contributed by atoms with E-state index in [1.54, 1.807) is 0 Å². The van der Waals surface area contributed by atoms with E-state index in [4.69, 9.17) is 9.47 Å². The van der Waals surface area contributed by atoms with Gasteiger partial charge in [-0.05, 0) is 6.07 Å². The lowest BCUT2D eigenvalue weighted by Gasteiger charge is -2.38. The lowest BCUT2D eigenvalue weighted by Crippen LogP contribution is -2.54. The normalized spacial score (nSPS) is 16.9. The lowest BCUT2D eigenvalue weighted by molar-refractivity contribution is -0.180. The van der Waals surface area contributed by atoms with Gasteiger partial charge in [-0.2, -0.15) is 0 Å². The third-order valence-corrected chi connectivity index (χ3v) is 3.58. The van der Waals surface area contributed by atoms with Crippen molar-refractivity contribution in [3.63, 3.8) is 0 Å². The Morgan fingerprint density at radius 1 is 1.47 bits per heavy atom. The summed E-state index contributed by atoms with van der Waals surface area (Å²) in [6.07, 6.45) is 1.91. The number of H-pyrrole nitrogens is 1. The summed E-state index contributed by atoms with van der Waals surface area (Å²) < 4.78 is 10.0. The molecule has 0 bridgehead atoms. The zero-order valence-electron chi connectivity index (χ0n) is 10.7. The maximum atomic E-state index is 11.8. The number of carbonyl (C=O) groups excluding carboxylic acids is 1. The van der Waals surface area contributed by atoms with Gasteiger partial charge < -0.3 is 19.8 Å². The van der Waals surface area contributed by atoms with Crippen LogP contribution in [0.15, 0.2) is 30.5 Å². The van der Waals surface area contributed by atoms with E-state index < -0.39 is 5.41 Å². The molecule has 5 heteroatoms. The Hall–Kier alpha value is -2.01. The smallest absolute Gasteiger partial charge is 0.318 e. The topological polar surface area (TPSA) is 63.3 Å². The Morgan fingerprint density at radius 2 is 2.26 bits per heavy atom. The number of benzene rings is 1. The highest BCUT2D eigenvalue weighted by Gasteiger charge is 2.47. The number of rotatable bonds is 4. The van der Waals surface area contributed by atoms with Crippen LogP contribution < -0.4 is 5.32 Å². The molecule has 1 aromatic heterocycles. The molecule has 0 radical (unpaired) electrons. The van der Waals surface area contributed by atoms with Gasteiger partial charge in [-0.1, -0.05) is 18.2 Å². The van der Waals surface area contributed by atoms with Gasteiger partial charge in [0.1, 0.15) is 5.41 Å². The first-order valence-corrected chi connectivity index (χ1v) is 6.21. The summed E-state index contributed by atoms with van der Waals surface area (Å²) in [5, 5.41) is 4.43. The fourth-order valence-corrected chi connectivity index (χ4v) is 2.34. The van der Waals surface area contributed by atoms with Crippen LogP contribution in [-0.4, -0.2) is 37.8 Å². The molecule has 1 fully saturated rings. The molecule has 3 rings (SSSR count). The number of ether oxygens (including phenoxy) is 2. The molecular weight excluding hydrogens is 244 g/mol. The van der Waals surface area contributed by atoms with Gasteiger partial charge in [-0.3, -0.25) is 4.79 Å². The molecule has 2 heterocycles. The van der Waals surface area contributed by atoms with E-state index in [0.29, 0.717) is 19.8 Å². The van der Waals surface area contributed by atoms with E-state index in [9.17, 15) is 4.79 Å². The van der Waals surface area contributed by atoms with Crippen molar-refractivity contribution in [3.05, 3.63) is 30.5 Å². The number of carbonyl (C=O) groups is 1.